The van der Waals surface area contributed by atoms with Gasteiger partial charge in [-0.2, -0.15) is 0 Å². The fourth-order valence-electron chi connectivity index (χ4n) is 2.52. The summed E-state index contributed by atoms with van der Waals surface area (Å²) in [6.45, 7) is 7.23. The van der Waals surface area contributed by atoms with Gasteiger partial charge in [-0.05, 0) is 40.5 Å². The maximum atomic E-state index is 11.9. The Morgan fingerprint density at radius 3 is 1.67 bits per heavy atom. The highest BCUT2D eigenvalue weighted by atomic mass is 16.5. The van der Waals surface area contributed by atoms with Crippen LogP contribution in [0.1, 0.15) is 40.5 Å². The van der Waals surface area contributed by atoms with Crippen molar-refractivity contribution in [3.05, 3.63) is 0 Å². The van der Waals surface area contributed by atoms with Crippen LogP contribution in [-0.4, -0.2) is 36.4 Å². The third-order valence-corrected chi connectivity index (χ3v) is 3.85. The Hall–Kier alpha value is -1.10. The van der Waals surface area contributed by atoms with Crippen LogP contribution in [-0.2, 0) is 19.1 Å². The number of esters is 2. The number of aliphatic hydroxyl groups is 1. The molecule has 1 fully saturated rings. The van der Waals surface area contributed by atoms with Gasteiger partial charge in [0.2, 0.25) is 0 Å². The van der Waals surface area contributed by atoms with Gasteiger partial charge in [0.15, 0.2) is 0 Å². The molecule has 0 spiro atoms. The van der Waals surface area contributed by atoms with Crippen molar-refractivity contribution in [2.75, 3.05) is 13.2 Å². The molecule has 1 aliphatic rings. The normalized spacial score (nSPS) is 35.3. The predicted octanol–water partition coefficient (Wildman–Crippen LogP) is 1.28. The van der Waals surface area contributed by atoms with Gasteiger partial charge in [0.05, 0.1) is 30.1 Å². The highest BCUT2D eigenvalue weighted by Gasteiger charge is 2.60. The lowest BCUT2D eigenvalue weighted by molar-refractivity contribution is -0.170. The van der Waals surface area contributed by atoms with Crippen molar-refractivity contribution >= 4 is 11.9 Å². The fraction of sp³-hybridized carbons (Fsp3) is 0.846. The summed E-state index contributed by atoms with van der Waals surface area (Å²) in [6.07, 6.45) is -0.243. The molecule has 1 aliphatic carbocycles. The molecule has 5 heteroatoms. The third kappa shape index (κ3) is 2.23. The van der Waals surface area contributed by atoms with Gasteiger partial charge in [-0.25, -0.2) is 0 Å². The second kappa shape index (κ2) is 5.26. The molecule has 18 heavy (non-hydrogen) atoms. The molecule has 0 bridgehead atoms. The van der Waals surface area contributed by atoms with Gasteiger partial charge in [-0.15, -0.1) is 0 Å². The molecule has 0 saturated heterocycles. The zero-order valence-electron chi connectivity index (χ0n) is 11.5. The first kappa shape index (κ1) is 15.0. The molecule has 5 nitrogen and oxygen atoms in total. The monoisotopic (exact) mass is 258 g/mol. The number of carbonyl (C=O) groups is 2. The van der Waals surface area contributed by atoms with E-state index >= 15 is 0 Å². The van der Waals surface area contributed by atoms with Crippen LogP contribution in [0.25, 0.3) is 0 Å². The average Bonchev–Trinajstić information content (AvgIpc) is 2.57. The lowest BCUT2D eigenvalue weighted by Crippen LogP contribution is -2.46. The van der Waals surface area contributed by atoms with Crippen molar-refractivity contribution in [3.63, 3.8) is 0 Å². The van der Waals surface area contributed by atoms with E-state index in [1.54, 1.807) is 27.7 Å². The Bertz CT molecular complexity index is 308. The molecule has 2 atom stereocenters. The molecule has 1 saturated carbocycles. The quantitative estimate of drug-likeness (QED) is 0.769. The van der Waals surface area contributed by atoms with E-state index in [2.05, 4.69) is 0 Å². The van der Waals surface area contributed by atoms with E-state index in [0.717, 1.165) is 0 Å². The van der Waals surface area contributed by atoms with Crippen LogP contribution in [0, 0.1) is 10.8 Å². The number of hydrogen-bond donors (Lipinski definition) is 1. The Morgan fingerprint density at radius 2 is 1.39 bits per heavy atom. The van der Waals surface area contributed by atoms with Gasteiger partial charge >= 0.3 is 11.9 Å². The van der Waals surface area contributed by atoms with Gasteiger partial charge in [0, 0.05) is 0 Å². The third-order valence-electron chi connectivity index (χ3n) is 3.85. The zero-order valence-corrected chi connectivity index (χ0v) is 11.5. The number of carbonyl (C=O) groups excluding carboxylic acids is 2. The molecule has 0 aromatic heterocycles. The van der Waals surface area contributed by atoms with E-state index in [9.17, 15) is 14.7 Å². The molecule has 0 amide bonds. The summed E-state index contributed by atoms with van der Waals surface area (Å²) in [7, 11) is 0. The smallest absolute Gasteiger partial charge is 0.314 e. The van der Waals surface area contributed by atoms with E-state index < -0.39 is 28.9 Å². The van der Waals surface area contributed by atoms with Gasteiger partial charge in [0.1, 0.15) is 0 Å². The first-order chi connectivity index (χ1) is 8.32. The number of hydrogen-bond acceptors (Lipinski definition) is 5. The minimum Gasteiger partial charge on any atom is -0.465 e. The maximum Gasteiger partial charge on any atom is 0.314 e. The molecular formula is C13H22O5. The van der Waals surface area contributed by atoms with Crippen LogP contribution in [0.4, 0.5) is 0 Å². The Morgan fingerprint density at radius 1 is 1.06 bits per heavy atom. The van der Waals surface area contributed by atoms with E-state index in [0.29, 0.717) is 12.8 Å². The Kier molecular flexibility index (Phi) is 4.37. The minimum absolute atomic E-state index is 0.261. The highest BCUT2D eigenvalue weighted by molar-refractivity contribution is 5.83. The van der Waals surface area contributed by atoms with Crippen LogP contribution in [0.3, 0.4) is 0 Å². The van der Waals surface area contributed by atoms with Crippen LogP contribution in [0.2, 0.25) is 0 Å². The van der Waals surface area contributed by atoms with Gasteiger partial charge in [0.25, 0.3) is 0 Å². The first-order valence-corrected chi connectivity index (χ1v) is 6.35. The van der Waals surface area contributed by atoms with Crippen molar-refractivity contribution in [1.82, 2.24) is 0 Å². The Balaban J connectivity index is 2.92. The molecule has 0 aromatic rings. The zero-order chi connectivity index (χ0) is 14.0. The predicted molar refractivity (Wildman–Crippen MR) is 64.7 cm³/mol. The van der Waals surface area contributed by atoms with E-state index in [4.69, 9.17) is 9.47 Å². The summed E-state index contributed by atoms with van der Waals surface area (Å²) in [6, 6.07) is 0. The molecule has 1 rings (SSSR count). The van der Waals surface area contributed by atoms with Crippen LogP contribution in [0.15, 0.2) is 0 Å². The molecule has 1 N–H and O–H groups in total. The molecule has 0 aromatic carbocycles. The van der Waals surface area contributed by atoms with Crippen LogP contribution >= 0.6 is 0 Å². The van der Waals surface area contributed by atoms with Crippen LogP contribution in [0.5, 0.6) is 0 Å². The molecule has 2 unspecified atom stereocenters. The summed E-state index contributed by atoms with van der Waals surface area (Å²) >= 11 is 0. The van der Waals surface area contributed by atoms with E-state index in [1.165, 1.54) is 0 Å². The van der Waals surface area contributed by atoms with Gasteiger partial charge in [-0.1, -0.05) is 0 Å². The number of rotatable bonds is 4. The second-order valence-electron chi connectivity index (χ2n) is 5.18. The van der Waals surface area contributed by atoms with Crippen LogP contribution < -0.4 is 0 Å². The SMILES string of the molecule is CCOC(=O)C1(C)CCC(C)(C(=O)OCC)C1O. The fourth-order valence-corrected chi connectivity index (χ4v) is 2.52. The summed E-state index contributed by atoms with van der Waals surface area (Å²) in [5.74, 6) is -0.906. The molecular weight excluding hydrogens is 236 g/mol. The second-order valence-corrected chi connectivity index (χ2v) is 5.18. The van der Waals surface area contributed by atoms with Crippen molar-refractivity contribution in [2.45, 2.75) is 46.6 Å². The average molecular weight is 258 g/mol. The maximum absolute atomic E-state index is 11.9. The lowest BCUT2D eigenvalue weighted by atomic mass is 9.78. The standard InChI is InChI=1S/C13H22O5/c1-5-17-10(15)12(3)7-8-13(4,9(12)14)11(16)18-6-2/h9,14H,5-8H2,1-4H3. The summed E-state index contributed by atoms with van der Waals surface area (Å²) < 4.78 is 9.96. The van der Waals surface area contributed by atoms with Crippen molar-refractivity contribution in [1.29, 1.82) is 0 Å². The first-order valence-electron chi connectivity index (χ1n) is 6.35. The molecule has 0 radical (unpaired) electrons. The van der Waals surface area contributed by atoms with Gasteiger partial charge in [-0.3, -0.25) is 9.59 Å². The number of aliphatic hydroxyl groups excluding tert-OH is 1. The highest BCUT2D eigenvalue weighted by Crippen LogP contribution is 2.50. The summed E-state index contributed by atoms with van der Waals surface area (Å²) in [4.78, 5) is 23.8. The molecule has 104 valence electrons. The van der Waals surface area contributed by atoms with Crippen molar-refractivity contribution in [3.8, 4) is 0 Å². The minimum atomic E-state index is -1.08. The van der Waals surface area contributed by atoms with Crippen molar-refractivity contribution in [2.24, 2.45) is 10.8 Å². The largest absolute Gasteiger partial charge is 0.465 e. The lowest BCUT2D eigenvalue weighted by Gasteiger charge is -2.32. The Labute approximate surface area is 107 Å². The van der Waals surface area contributed by atoms with E-state index in [-0.39, 0.29) is 13.2 Å². The van der Waals surface area contributed by atoms with Gasteiger partial charge < -0.3 is 14.6 Å². The number of ether oxygens (including phenoxy) is 2. The van der Waals surface area contributed by atoms with E-state index in [1.807, 2.05) is 0 Å². The summed E-state index contributed by atoms with van der Waals surface area (Å²) in [5, 5.41) is 10.4. The molecule has 0 heterocycles. The molecule has 0 aliphatic heterocycles. The summed E-state index contributed by atoms with van der Waals surface area (Å²) in [5.41, 5.74) is -2.06. The van der Waals surface area contributed by atoms with Crippen molar-refractivity contribution < 1.29 is 24.2 Å². The topological polar surface area (TPSA) is 72.8 Å².